The SMILES string of the molecule is O=C(Cc1csc2nc3ccccc3n12)NC1CCCCC1. The van der Waals surface area contributed by atoms with Crippen molar-refractivity contribution in [2.75, 3.05) is 0 Å². The molecule has 3 aromatic rings. The van der Waals surface area contributed by atoms with Crippen molar-refractivity contribution in [2.24, 2.45) is 0 Å². The van der Waals surface area contributed by atoms with Gasteiger partial charge in [-0.25, -0.2) is 4.98 Å². The van der Waals surface area contributed by atoms with Gasteiger partial charge in [-0.05, 0) is 25.0 Å². The standard InChI is InChI=1S/C17H19N3OS/c21-16(18-12-6-2-1-3-7-12)10-13-11-22-17-19-14-8-4-5-9-15(14)20(13)17/h4-5,8-9,11-12H,1-3,6-7,10H2,(H,18,21). The van der Waals surface area contributed by atoms with Crippen LogP contribution in [0.25, 0.3) is 16.0 Å². The monoisotopic (exact) mass is 313 g/mol. The Kier molecular flexibility index (Phi) is 3.58. The molecule has 22 heavy (non-hydrogen) atoms. The summed E-state index contributed by atoms with van der Waals surface area (Å²) in [6.45, 7) is 0. The van der Waals surface area contributed by atoms with E-state index in [1.54, 1.807) is 11.3 Å². The van der Waals surface area contributed by atoms with Crippen LogP contribution in [-0.4, -0.2) is 21.3 Å². The predicted molar refractivity (Wildman–Crippen MR) is 89.3 cm³/mol. The van der Waals surface area contributed by atoms with Crippen LogP contribution in [0.2, 0.25) is 0 Å². The minimum Gasteiger partial charge on any atom is -0.353 e. The van der Waals surface area contributed by atoms with Gasteiger partial charge >= 0.3 is 0 Å². The Balaban J connectivity index is 1.57. The van der Waals surface area contributed by atoms with Crippen LogP contribution in [-0.2, 0) is 11.2 Å². The lowest BCUT2D eigenvalue weighted by atomic mass is 9.95. The van der Waals surface area contributed by atoms with Gasteiger partial charge in [0.05, 0.1) is 17.5 Å². The first-order valence-electron chi connectivity index (χ1n) is 7.94. The number of rotatable bonds is 3. The van der Waals surface area contributed by atoms with Gasteiger partial charge in [0.2, 0.25) is 5.91 Å². The van der Waals surface area contributed by atoms with Crippen LogP contribution >= 0.6 is 11.3 Å². The zero-order valence-corrected chi connectivity index (χ0v) is 13.2. The first-order valence-corrected chi connectivity index (χ1v) is 8.82. The molecule has 4 nitrogen and oxygen atoms in total. The second-order valence-electron chi connectivity index (χ2n) is 6.02. The minimum absolute atomic E-state index is 0.129. The Bertz CT molecular complexity index is 814. The second kappa shape index (κ2) is 5.72. The lowest BCUT2D eigenvalue weighted by molar-refractivity contribution is -0.121. The second-order valence-corrected chi connectivity index (χ2v) is 6.86. The predicted octanol–water partition coefficient (Wildman–Crippen LogP) is 3.54. The van der Waals surface area contributed by atoms with E-state index in [0.29, 0.717) is 12.5 Å². The van der Waals surface area contributed by atoms with Crippen molar-refractivity contribution in [1.82, 2.24) is 14.7 Å². The Morgan fingerprint density at radius 1 is 1.27 bits per heavy atom. The highest BCUT2D eigenvalue weighted by atomic mass is 32.1. The molecule has 2 aromatic heterocycles. The molecule has 0 bridgehead atoms. The van der Waals surface area contributed by atoms with Crippen molar-refractivity contribution >= 4 is 33.2 Å². The number of fused-ring (bicyclic) bond motifs is 3. The van der Waals surface area contributed by atoms with Gasteiger partial charge in [-0.15, -0.1) is 11.3 Å². The molecular weight excluding hydrogens is 294 g/mol. The van der Waals surface area contributed by atoms with Crippen molar-refractivity contribution in [3.05, 3.63) is 35.3 Å². The number of thiazole rings is 1. The van der Waals surface area contributed by atoms with E-state index in [4.69, 9.17) is 0 Å². The van der Waals surface area contributed by atoms with Crippen LogP contribution in [0, 0.1) is 0 Å². The maximum Gasteiger partial charge on any atom is 0.226 e. The molecule has 1 fully saturated rings. The summed E-state index contributed by atoms with van der Waals surface area (Å²) in [5, 5.41) is 5.24. The average molecular weight is 313 g/mol. The molecule has 0 saturated heterocycles. The fourth-order valence-electron chi connectivity index (χ4n) is 3.34. The van der Waals surface area contributed by atoms with Crippen LogP contribution in [0.3, 0.4) is 0 Å². The number of amides is 1. The van der Waals surface area contributed by atoms with Crippen LogP contribution in [0.1, 0.15) is 37.8 Å². The summed E-state index contributed by atoms with van der Waals surface area (Å²) < 4.78 is 2.11. The highest BCUT2D eigenvalue weighted by Crippen LogP contribution is 2.24. The van der Waals surface area contributed by atoms with E-state index in [1.165, 1.54) is 19.3 Å². The molecule has 0 aliphatic heterocycles. The van der Waals surface area contributed by atoms with Gasteiger partial charge in [0.25, 0.3) is 0 Å². The lowest BCUT2D eigenvalue weighted by Crippen LogP contribution is -2.37. The van der Waals surface area contributed by atoms with E-state index in [9.17, 15) is 4.79 Å². The van der Waals surface area contributed by atoms with E-state index in [0.717, 1.165) is 34.5 Å². The van der Waals surface area contributed by atoms with Crippen molar-refractivity contribution in [3.8, 4) is 0 Å². The summed E-state index contributed by atoms with van der Waals surface area (Å²) >= 11 is 1.60. The van der Waals surface area contributed by atoms with E-state index in [2.05, 4.69) is 26.1 Å². The summed E-state index contributed by atoms with van der Waals surface area (Å²) in [6, 6.07) is 8.45. The molecule has 4 rings (SSSR count). The number of imidazole rings is 1. The molecule has 1 amide bonds. The number of para-hydroxylation sites is 2. The molecule has 0 atom stereocenters. The summed E-state index contributed by atoms with van der Waals surface area (Å²) in [4.78, 5) is 17.9. The van der Waals surface area contributed by atoms with Crippen LogP contribution in [0.4, 0.5) is 0 Å². The number of carbonyl (C=O) groups is 1. The summed E-state index contributed by atoms with van der Waals surface area (Å²) in [5.41, 5.74) is 3.10. The summed E-state index contributed by atoms with van der Waals surface area (Å²) in [5.74, 6) is 0.129. The number of benzene rings is 1. The highest BCUT2D eigenvalue weighted by molar-refractivity contribution is 7.15. The quantitative estimate of drug-likeness (QED) is 0.804. The molecule has 0 unspecified atom stereocenters. The number of nitrogens with zero attached hydrogens (tertiary/aromatic N) is 2. The van der Waals surface area contributed by atoms with Gasteiger partial charge in [-0.1, -0.05) is 31.4 Å². The van der Waals surface area contributed by atoms with Crippen LogP contribution < -0.4 is 5.32 Å². The van der Waals surface area contributed by atoms with Gasteiger partial charge < -0.3 is 5.32 Å². The number of carbonyl (C=O) groups excluding carboxylic acids is 1. The zero-order chi connectivity index (χ0) is 14.9. The van der Waals surface area contributed by atoms with Gasteiger partial charge in [-0.2, -0.15) is 0 Å². The van der Waals surface area contributed by atoms with E-state index >= 15 is 0 Å². The topological polar surface area (TPSA) is 46.4 Å². The number of hydrogen-bond acceptors (Lipinski definition) is 3. The van der Waals surface area contributed by atoms with Crippen LogP contribution in [0.5, 0.6) is 0 Å². The van der Waals surface area contributed by atoms with Gasteiger partial charge in [0, 0.05) is 17.1 Å². The molecule has 1 aliphatic rings. The van der Waals surface area contributed by atoms with Gasteiger partial charge in [0.15, 0.2) is 4.96 Å². The largest absolute Gasteiger partial charge is 0.353 e. The number of nitrogens with one attached hydrogen (secondary N) is 1. The van der Waals surface area contributed by atoms with Gasteiger partial charge in [0.1, 0.15) is 0 Å². The Labute approximate surface area is 133 Å². The highest BCUT2D eigenvalue weighted by Gasteiger charge is 2.18. The van der Waals surface area contributed by atoms with E-state index < -0.39 is 0 Å². The Hall–Kier alpha value is -1.88. The molecule has 0 spiro atoms. The third-order valence-corrected chi connectivity index (χ3v) is 5.30. The molecule has 5 heteroatoms. The number of hydrogen-bond donors (Lipinski definition) is 1. The molecule has 0 radical (unpaired) electrons. The van der Waals surface area contributed by atoms with Gasteiger partial charge in [-0.3, -0.25) is 9.20 Å². The molecule has 1 saturated carbocycles. The summed E-state index contributed by atoms with van der Waals surface area (Å²) in [6.07, 6.45) is 6.45. The molecule has 1 N–H and O–H groups in total. The zero-order valence-electron chi connectivity index (χ0n) is 12.4. The van der Waals surface area contributed by atoms with Crippen molar-refractivity contribution < 1.29 is 4.79 Å². The first-order chi connectivity index (χ1) is 10.8. The molecular formula is C17H19N3OS. The fourth-order valence-corrected chi connectivity index (χ4v) is 4.25. The smallest absolute Gasteiger partial charge is 0.226 e. The lowest BCUT2D eigenvalue weighted by Gasteiger charge is -2.22. The van der Waals surface area contributed by atoms with E-state index in [1.807, 2.05) is 18.2 Å². The van der Waals surface area contributed by atoms with Crippen molar-refractivity contribution in [1.29, 1.82) is 0 Å². The fraction of sp³-hybridized carbons (Fsp3) is 0.412. The molecule has 2 heterocycles. The first kappa shape index (κ1) is 13.8. The minimum atomic E-state index is 0.129. The third-order valence-electron chi connectivity index (χ3n) is 4.43. The Morgan fingerprint density at radius 3 is 2.95 bits per heavy atom. The molecule has 1 aromatic carbocycles. The molecule has 1 aliphatic carbocycles. The maximum atomic E-state index is 12.3. The van der Waals surface area contributed by atoms with E-state index in [-0.39, 0.29) is 5.91 Å². The third kappa shape index (κ3) is 2.50. The average Bonchev–Trinajstić information content (AvgIpc) is 3.08. The van der Waals surface area contributed by atoms with Crippen molar-refractivity contribution in [3.63, 3.8) is 0 Å². The number of aromatic nitrogens is 2. The summed E-state index contributed by atoms with van der Waals surface area (Å²) in [7, 11) is 0. The van der Waals surface area contributed by atoms with Crippen LogP contribution in [0.15, 0.2) is 29.6 Å². The van der Waals surface area contributed by atoms with Crippen molar-refractivity contribution in [2.45, 2.75) is 44.6 Å². The Morgan fingerprint density at radius 2 is 2.09 bits per heavy atom. The molecule has 114 valence electrons. The normalized spacial score (nSPS) is 16.4. The maximum absolute atomic E-state index is 12.3.